The summed E-state index contributed by atoms with van der Waals surface area (Å²) in [4.78, 5) is 8.60. The van der Waals surface area contributed by atoms with E-state index in [0.717, 1.165) is 24.0 Å². The van der Waals surface area contributed by atoms with E-state index in [1.165, 1.54) is 44.9 Å². The van der Waals surface area contributed by atoms with Gasteiger partial charge in [-0.15, -0.1) is 0 Å². The van der Waals surface area contributed by atoms with Crippen molar-refractivity contribution in [3.05, 3.63) is 23.9 Å². The number of rotatable bonds is 11. The summed E-state index contributed by atoms with van der Waals surface area (Å²) in [6.07, 6.45) is 11.4. The molecular formula is C20H34N4O2. The van der Waals surface area contributed by atoms with Crippen LogP contribution in [-0.4, -0.2) is 44.9 Å². The lowest BCUT2D eigenvalue weighted by Crippen LogP contribution is -2.37. The molecule has 26 heavy (non-hydrogen) atoms. The van der Waals surface area contributed by atoms with Crippen LogP contribution in [0.2, 0.25) is 0 Å². The molecule has 1 saturated carbocycles. The normalized spacial score (nSPS) is 15.2. The number of guanidine groups is 1. The average molecular weight is 363 g/mol. The van der Waals surface area contributed by atoms with Gasteiger partial charge in [-0.25, -0.2) is 4.98 Å². The van der Waals surface area contributed by atoms with Crippen LogP contribution in [0.15, 0.2) is 23.3 Å². The van der Waals surface area contributed by atoms with E-state index in [0.29, 0.717) is 25.6 Å². The highest BCUT2D eigenvalue weighted by atomic mass is 16.5. The molecular weight excluding hydrogens is 328 g/mol. The third kappa shape index (κ3) is 7.60. The molecule has 1 heterocycles. The number of unbranched alkanes of at least 4 members (excludes halogenated alkanes) is 1. The number of aromatic nitrogens is 1. The molecule has 0 amide bonds. The summed E-state index contributed by atoms with van der Waals surface area (Å²) in [7, 11) is 3.46. The Kier molecular flexibility index (Phi) is 9.87. The fourth-order valence-corrected chi connectivity index (χ4v) is 3.37. The van der Waals surface area contributed by atoms with Crippen molar-refractivity contribution >= 4 is 5.96 Å². The Morgan fingerprint density at radius 3 is 2.85 bits per heavy atom. The van der Waals surface area contributed by atoms with E-state index in [9.17, 15) is 0 Å². The van der Waals surface area contributed by atoms with Gasteiger partial charge in [0.05, 0.1) is 6.61 Å². The highest BCUT2D eigenvalue weighted by Gasteiger charge is 2.13. The second-order valence-corrected chi connectivity index (χ2v) is 6.81. The van der Waals surface area contributed by atoms with Crippen LogP contribution in [0.5, 0.6) is 5.88 Å². The molecule has 1 aliphatic carbocycles. The van der Waals surface area contributed by atoms with Crippen LogP contribution in [-0.2, 0) is 11.3 Å². The molecule has 1 aromatic rings. The number of aliphatic imine (C=N–C) groups is 1. The minimum absolute atomic E-state index is 0.495. The number of hydrogen-bond donors (Lipinski definition) is 2. The molecule has 0 unspecified atom stereocenters. The lowest BCUT2D eigenvalue weighted by molar-refractivity contribution is 0.143. The number of nitrogens with one attached hydrogen (secondary N) is 2. The van der Waals surface area contributed by atoms with Crippen LogP contribution in [0.1, 0.15) is 50.5 Å². The van der Waals surface area contributed by atoms with Gasteiger partial charge in [0.2, 0.25) is 5.88 Å². The van der Waals surface area contributed by atoms with Gasteiger partial charge in [0, 0.05) is 39.0 Å². The van der Waals surface area contributed by atoms with E-state index in [-0.39, 0.29) is 0 Å². The third-order valence-corrected chi connectivity index (χ3v) is 4.85. The molecule has 146 valence electrons. The number of ether oxygens (including phenoxy) is 2. The van der Waals surface area contributed by atoms with Crippen LogP contribution in [0, 0.1) is 5.92 Å². The summed E-state index contributed by atoms with van der Waals surface area (Å²) in [6, 6.07) is 3.93. The van der Waals surface area contributed by atoms with Gasteiger partial charge >= 0.3 is 0 Å². The van der Waals surface area contributed by atoms with Crippen molar-refractivity contribution in [1.29, 1.82) is 0 Å². The zero-order valence-electron chi connectivity index (χ0n) is 16.3. The Morgan fingerprint density at radius 2 is 2.08 bits per heavy atom. The Hall–Kier alpha value is -1.82. The van der Waals surface area contributed by atoms with Gasteiger partial charge < -0.3 is 20.1 Å². The zero-order valence-corrected chi connectivity index (χ0v) is 16.3. The van der Waals surface area contributed by atoms with Crippen LogP contribution in [0.4, 0.5) is 0 Å². The van der Waals surface area contributed by atoms with Gasteiger partial charge in [-0.1, -0.05) is 44.6 Å². The highest BCUT2D eigenvalue weighted by Crippen LogP contribution is 2.28. The summed E-state index contributed by atoms with van der Waals surface area (Å²) in [6.45, 7) is 2.62. The first-order valence-electron chi connectivity index (χ1n) is 9.83. The predicted octanol–water partition coefficient (Wildman–Crippen LogP) is 3.13. The van der Waals surface area contributed by atoms with Crippen LogP contribution >= 0.6 is 0 Å². The molecule has 1 aliphatic rings. The molecule has 2 N–H and O–H groups in total. The molecule has 1 aromatic heterocycles. The van der Waals surface area contributed by atoms with Crippen molar-refractivity contribution in [3.63, 3.8) is 0 Å². The summed E-state index contributed by atoms with van der Waals surface area (Å²) < 4.78 is 10.7. The Morgan fingerprint density at radius 1 is 1.23 bits per heavy atom. The van der Waals surface area contributed by atoms with E-state index in [1.54, 1.807) is 20.4 Å². The molecule has 6 nitrogen and oxygen atoms in total. The van der Waals surface area contributed by atoms with Crippen molar-refractivity contribution in [2.75, 3.05) is 33.9 Å². The highest BCUT2D eigenvalue weighted by molar-refractivity contribution is 5.79. The van der Waals surface area contributed by atoms with E-state index >= 15 is 0 Å². The molecule has 1 fully saturated rings. The predicted molar refractivity (Wildman–Crippen MR) is 106 cm³/mol. The van der Waals surface area contributed by atoms with Crippen molar-refractivity contribution in [2.24, 2.45) is 10.9 Å². The molecule has 0 aromatic carbocycles. The fourth-order valence-electron chi connectivity index (χ4n) is 3.37. The maximum atomic E-state index is 5.67. The SMILES string of the molecule is CN=C(NCCCCC1CCCC1)NCc1cccnc1OCCOC. The summed E-state index contributed by atoms with van der Waals surface area (Å²) >= 11 is 0. The summed E-state index contributed by atoms with van der Waals surface area (Å²) in [5.41, 5.74) is 1.01. The molecule has 2 rings (SSSR count). The Labute approximate surface area is 157 Å². The first kappa shape index (κ1) is 20.5. The largest absolute Gasteiger partial charge is 0.475 e. The number of nitrogens with zero attached hydrogens (tertiary/aromatic N) is 2. The number of hydrogen-bond acceptors (Lipinski definition) is 4. The third-order valence-electron chi connectivity index (χ3n) is 4.85. The van der Waals surface area contributed by atoms with Crippen LogP contribution in [0.3, 0.4) is 0 Å². The maximum absolute atomic E-state index is 5.67. The van der Waals surface area contributed by atoms with Crippen molar-refractivity contribution in [1.82, 2.24) is 15.6 Å². The van der Waals surface area contributed by atoms with Crippen molar-refractivity contribution in [3.8, 4) is 5.88 Å². The minimum Gasteiger partial charge on any atom is -0.475 e. The smallest absolute Gasteiger partial charge is 0.218 e. The van der Waals surface area contributed by atoms with E-state index in [4.69, 9.17) is 9.47 Å². The molecule has 0 bridgehead atoms. The van der Waals surface area contributed by atoms with Gasteiger partial charge in [0.25, 0.3) is 0 Å². The Balaban J connectivity index is 1.66. The average Bonchev–Trinajstić information content (AvgIpc) is 3.18. The lowest BCUT2D eigenvalue weighted by Gasteiger charge is -2.14. The van der Waals surface area contributed by atoms with E-state index in [2.05, 4.69) is 20.6 Å². The molecule has 6 heteroatoms. The maximum Gasteiger partial charge on any atom is 0.218 e. The first-order chi connectivity index (χ1) is 12.8. The molecule has 0 spiro atoms. The quantitative estimate of drug-likeness (QED) is 0.360. The van der Waals surface area contributed by atoms with Gasteiger partial charge in [0.15, 0.2) is 5.96 Å². The summed E-state index contributed by atoms with van der Waals surface area (Å²) in [5, 5.41) is 6.73. The monoisotopic (exact) mass is 362 g/mol. The fraction of sp³-hybridized carbons (Fsp3) is 0.700. The standard InChI is InChI=1S/C20H34N4O2/c1-21-20(23-12-6-5-10-17-8-3-4-9-17)24-16-18-11-7-13-22-19(18)26-15-14-25-2/h7,11,13,17H,3-6,8-10,12,14-16H2,1-2H3,(H2,21,23,24). The number of methoxy groups -OCH3 is 1. The lowest BCUT2D eigenvalue weighted by atomic mass is 10.0. The zero-order chi connectivity index (χ0) is 18.5. The van der Waals surface area contributed by atoms with Crippen LogP contribution < -0.4 is 15.4 Å². The van der Waals surface area contributed by atoms with Gasteiger partial charge in [-0.3, -0.25) is 4.99 Å². The molecule has 0 atom stereocenters. The van der Waals surface area contributed by atoms with Gasteiger partial charge in [-0.05, 0) is 18.4 Å². The first-order valence-corrected chi connectivity index (χ1v) is 9.83. The molecule has 0 radical (unpaired) electrons. The number of pyridine rings is 1. The Bertz CT molecular complexity index is 530. The van der Waals surface area contributed by atoms with Crippen molar-refractivity contribution in [2.45, 2.75) is 51.5 Å². The van der Waals surface area contributed by atoms with E-state index < -0.39 is 0 Å². The van der Waals surface area contributed by atoms with Gasteiger partial charge in [-0.2, -0.15) is 0 Å². The van der Waals surface area contributed by atoms with Crippen molar-refractivity contribution < 1.29 is 9.47 Å². The topological polar surface area (TPSA) is 67.8 Å². The van der Waals surface area contributed by atoms with Gasteiger partial charge in [0.1, 0.15) is 6.61 Å². The van der Waals surface area contributed by atoms with E-state index in [1.807, 2.05) is 12.1 Å². The second kappa shape index (κ2) is 12.5. The second-order valence-electron chi connectivity index (χ2n) is 6.81. The molecule has 0 aliphatic heterocycles. The van der Waals surface area contributed by atoms with Crippen LogP contribution in [0.25, 0.3) is 0 Å². The summed E-state index contributed by atoms with van der Waals surface area (Å²) in [5.74, 6) is 2.44. The minimum atomic E-state index is 0.495. The molecule has 0 saturated heterocycles.